The van der Waals surface area contributed by atoms with Gasteiger partial charge >= 0.3 is 5.69 Å². The SMILES string of the molecule is Cc1c([N+](=O)[O-])c(Br)nn1C1CCOCC1. The summed E-state index contributed by atoms with van der Waals surface area (Å²) < 4.78 is 7.31. The van der Waals surface area contributed by atoms with E-state index in [0.29, 0.717) is 23.5 Å². The number of nitro groups is 1. The molecule has 1 aromatic rings. The van der Waals surface area contributed by atoms with Gasteiger partial charge in [0, 0.05) is 13.2 Å². The molecule has 0 aliphatic carbocycles. The van der Waals surface area contributed by atoms with Gasteiger partial charge in [0.15, 0.2) is 0 Å². The van der Waals surface area contributed by atoms with E-state index in [1.807, 2.05) is 0 Å². The fourth-order valence-corrected chi connectivity index (χ4v) is 2.57. The number of halogens is 1. The van der Waals surface area contributed by atoms with E-state index in [1.54, 1.807) is 11.6 Å². The average molecular weight is 290 g/mol. The standard InChI is InChI=1S/C9H12BrN3O3/c1-6-8(13(14)15)9(10)11-12(6)7-2-4-16-5-3-7/h7H,2-5H2,1H3. The number of ether oxygens (including phenoxy) is 1. The van der Waals surface area contributed by atoms with Crippen molar-refractivity contribution in [1.82, 2.24) is 9.78 Å². The van der Waals surface area contributed by atoms with Gasteiger partial charge in [0.2, 0.25) is 4.60 Å². The van der Waals surface area contributed by atoms with Crippen LogP contribution in [0.4, 0.5) is 5.69 Å². The van der Waals surface area contributed by atoms with Gasteiger partial charge in [-0.2, -0.15) is 5.10 Å². The molecule has 2 heterocycles. The monoisotopic (exact) mass is 289 g/mol. The Hall–Kier alpha value is -0.950. The van der Waals surface area contributed by atoms with Crippen molar-refractivity contribution >= 4 is 21.6 Å². The Morgan fingerprint density at radius 2 is 2.19 bits per heavy atom. The van der Waals surface area contributed by atoms with Crippen LogP contribution in [0, 0.1) is 17.0 Å². The average Bonchev–Trinajstić information content (AvgIpc) is 2.55. The molecule has 0 bridgehead atoms. The Morgan fingerprint density at radius 3 is 2.69 bits per heavy atom. The minimum atomic E-state index is -0.401. The number of rotatable bonds is 2. The van der Waals surface area contributed by atoms with Crippen LogP contribution in [-0.4, -0.2) is 27.9 Å². The van der Waals surface area contributed by atoms with Crippen molar-refractivity contribution in [3.63, 3.8) is 0 Å². The molecule has 1 aliphatic rings. The highest BCUT2D eigenvalue weighted by Gasteiger charge is 2.27. The highest BCUT2D eigenvalue weighted by atomic mass is 79.9. The molecule has 0 spiro atoms. The van der Waals surface area contributed by atoms with Gasteiger partial charge in [-0.05, 0) is 35.7 Å². The predicted molar refractivity (Wildman–Crippen MR) is 60.4 cm³/mol. The second-order valence-electron chi connectivity index (χ2n) is 3.77. The van der Waals surface area contributed by atoms with Crippen LogP contribution in [0.3, 0.4) is 0 Å². The zero-order valence-corrected chi connectivity index (χ0v) is 10.4. The summed E-state index contributed by atoms with van der Waals surface area (Å²) in [5.74, 6) is 0. The van der Waals surface area contributed by atoms with Crippen molar-refractivity contribution in [2.75, 3.05) is 13.2 Å². The van der Waals surface area contributed by atoms with Crippen LogP contribution >= 0.6 is 15.9 Å². The van der Waals surface area contributed by atoms with E-state index in [2.05, 4.69) is 21.0 Å². The Bertz CT molecular complexity index is 412. The normalized spacial score (nSPS) is 17.6. The van der Waals surface area contributed by atoms with Crippen molar-refractivity contribution < 1.29 is 9.66 Å². The van der Waals surface area contributed by atoms with Crippen molar-refractivity contribution in [2.24, 2.45) is 0 Å². The lowest BCUT2D eigenvalue weighted by atomic mass is 10.1. The van der Waals surface area contributed by atoms with Gasteiger partial charge in [-0.3, -0.25) is 14.8 Å². The summed E-state index contributed by atoms with van der Waals surface area (Å²) in [5.41, 5.74) is 0.662. The van der Waals surface area contributed by atoms with Gasteiger partial charge in [-0.1, -0.05) is 0 Å². The molecule has 0 amide bonds. The van der Waals surface area contributed by atoms with Crippen LogP contribution in [-0.2, 0) is 4.74 Å². The molecule has 16 heavy (non-hydrogen) atoms. The van der Waals surface area contributed by atoms with Crippen LogP contribution in [0.1, 0.15) is 24.6 Å². The van der Waals surface area contributed by atoms with Crippen molar-refractivity contribution in [2.45, 2.75) is 25.8 Å². The molecule has 0 unspecified atom stereocenters. The van der Waals surface area contributed by atoms with Gasteiger partial charge in [0.1, 0.15) is 5.69 Å². The zero-order valence-electron chi connectivity index (χ0n) is 8.85. The lowest BCUT2D eigenvalue weighted by Gasteiger charge is -2.23. The summed E-state index contributed by atoms with van der Waals surface area (Å²) in [5, 5.41) is 15.0. The third kappa shape index (κ3) is 1.97. The molecular weight excluding hydrogens is 278 g/mol. The van der Waals surface area contributed by atoms with E-state index in [0.717, 1.165) is 12.8 Å². The molecular formula is C9H12BrN3O3. The van der Waals surface area contributed by atoms with Crippen LogP contribution in [0.5, 0.6) is 0 Å². The van der Waals surface area contributed by atoms with Crippen molar-refractivity contribution in [1.29, 1.82) is 0 Å². The lowest BCUT2D eigenvalue weighted by Crippen LogP contribution is -2.21. The number of hydrogen-bond acceptors (Lipinski definition) is 4. The molecule has 0 radical (unpaired) electrons. The van der Waals surface area contributed by atoms with Crippen LogP contribution < -0.4 is 0 Å². The quantitative estimate of drug-likeness (QED) is 0.618. The molecule has 0 N–H and O–H groups in total. The third-order valence-electron chi connectivity index (χ3n) is 2.80. The highest BCUT2D eigenvalue weighted by molar-refractivity contribution is 9.10. The van der Waals surface area contributed by atoms with Gasteiger partial charge in [0.25, 0.3) is 0 Å². The first kappa shape index (κ1) is 11.5. The maximum Gasteiger partial charge on any atom is 0.324 e. The molecule has 0 aromatic carbocycles. The van der Waals surface area contributed by atoms with Crippen LogP contribution in [0.15, 0.2) is 4.60 Å². The smallest absolute Gasteiger partial charge is 0.324 e. The highest BCUT2D eigenvalue weighted by Crippen LogP contribution is 2.32. The molecule has 1 fully saturated rings. The molecule has 7 heteroatoms. The fraction of sp³-hybridized carbons (Fsp3) is 0.667. The number of aromatic nitrogens is 2. The first-order valence-electron chi connectivity index (χ1n) is 5.08. The summed E-state index contributed by atoms with van der Waals surface area (Å²) in [6, 6.07) is 0.207. The van der Waals surface area contributed by atoms with E-state index < -0.39 is 4.92 Å². The first-order chi connectivity index (χ1) is 7.61. The second-order valence-corrected chi connectivity index (χ2v) is 4.52. The summed E-state index contributed by atoms with van der Waals surface area (Å²) in [4.78, 5) is 10.4. The third-order valence-corrected chi connectivity index (χ3v) is 3.33. The predicted octanol–water partition coefficient (Wildman–Crippen LogP) is 2.21. The maximum atomic E-state index is 10.8. The van der Waals surface area contributed by atoms with Crippen molar-refractivity contribution in [3.8, 4) is 0 Å². The zero-order chi connectivity index (χ0) is 11.7. The summed E-state index contributed by atoms with van der Waals surface area (Å²) in [6.07, 6.45) is 1.71. The Morgan fingerprint density at radius 1 is 1.56 bits per heavy atom. The molecule has 6 nitrogen and oxygen atoms in total. The van der Waals surface area contributed by atoms with Gasteiger partial charge in [-0.15, -0.1) is 0 Å². The van der Waals surface area contributed by atoms with E-state index in [9.17, 15) is 10.1 Å². The Labute approximate surface area is 101 Å². The summed E-state index contributed by atoms with van der Waals surface area (Å²) >= 11 is 3.13. The summed E-state index contributed by atoms with van der Waals surface area (Å²) in [6.45, 7) is 3.11. The van der Waals surface area contributed by atoms with E-state index in [1.165, 1.54) is 0 Å². The van der Waals surface area contributed by atoms with Crippen LogP contribution in [0.25, 0.3) is 0 Å². The lowest BCUT2D eigenvalue weighted by molar-refractivity contribution is -0.386. The number of nitrogens with zero attached hydrogens (tertiary/aromatic N) is 3. The topological polar surface area (TPSA) is 70.2 Å². The Kier molecular flexibility index (Phi) is 3.25. The molecule has 2 rings (SSSR count). The fourth-order valence-electron chi connectivity index (χ4n) is 1.97. The van der Waals surface area contributed by atoms with Gasteiger partial charge < -0.3 is 4.74 Å². The molecule has 1 aliphatic heterocycles. The van der Waals surface area contributed by atoms with E-state index >= 15 is 0 Å². The maximum absolute atomic E-state index is 10.8. The molecule has 1 saturated heterocycles. The molecule has 1 aromatic heterocycles. The van der Waals surface area contributed by atoms with E-state index in [4.69, 9.17) is 4.74 Å². The minimum absolute atomic E-state index is 0.0616. The minimum Gasteiger partial charge on any atom is -0.381 e. The second kappa shape index (κ2) is 4.50. The molecule has 0 atom stereocenters. The largest absolute Gasteiger partial charge is 0.381 e. The van der Waals surface area contributed by atoms with E-state index in [-0.39, 0.29) is 11.7 Å². The molecule has 0 saturated carbocycles. The summed E-state index contributed by atoms with van der Waals surface area (Å²) in [7, 11) is 0. The van der Waals surface area contributed by atoms with Gasteiger partial charge in [-0.25, -0.2) is 0 Å². The number of hydrogen-bond donors (Lipinski definition) is 0. The van der Waals surface area contributed by atoms with Gasteiger partial charge in [0.05, 0.1) is 11.0 Å². The van der Waals surface area contributed by atoms with Crippen molar-refractivity contribution in [3.05, 3.63) is 20.4 Å². The Balaban J connectivity index is 2.34. The molecule has 88 valence electrons. The first-order valence-corrected chi connectivity index (χ1v) is 5.87. The van der Waals surface area contributed by atoms with Crippen LogP contribution in [0.2, 0.25) is 0 Å².